The first-order valence-electron chi connectivity index (χ1n) is 18.0. The number of rotatable bonds is 17. The van der Waals surface area contributed by atoms with Gasteiger partial charge in [0.15, 0.2) is 0 Å². The van der Waals surface area contributed by atoms with Crippen molar-refractivity contribution in [1.29, 1.82) is 0 Å². The van der Waals surface area contributed by atoms with Crippen LogP contribution in [0.2, 0.25) is 0 Å². The smallest absolute Gasteiger partial charge is 0.352 e. The van der Waals surface area contributed by atoms with Gasteiger partial charge in [-0.1, -0.05) is 56.0 Å². The van der Waals surface area contributed by atoms with E-state index in [1.165, 1.54) is 0 Å². The van der Waals surface area contributed by atoms with E-state index in [1.54, 1.807) is 30.9 Å². The maximum Gasteiger partial charge on any atom is 0.355 e. The lowest BCUT2D eigenvalue weighted by Crippen LogP contribution is -2.56. The fourth-order valence-electron chi connectivity index (χ4n) is 5.67. The molecule has 2 aromatic rings. The molecule has 0 aromatic heterocycles. The van der Waals surface area contributed by atoms with Gasteiger partial charge in [0.05, 0.1) is 25.3 Å². The van der Waals surface area contributed by atoms with Crippen LogP contribution >= 0.6 is 0 Å². The molecule has 1 fully saturated rings. The highest BCUT2D eigenvalue weighted by Crippen LogP contribution is 2.26. The number of hydrogen-bond donors (Lipinski definition) is 6. The number of para-hydroxylation sites is 1. The molecule has 2 aromatic carbocycles. The Bertz CT molecular complexity index is 1920. The lowest BCUT2D eigenvalue weighted by molar-refractivity contribution is -0.199. The van der Waals surface area contributed by atoms with Crippen molar-refractivity contribution in [3.63, 3.8) is 0 Å². The summed E-state index contributed by atoms with van der Waals surface area (Å²) in [5, 5.41) is 12.4. The number of imide groups is 1. The van der Waals surface area contributed by atoms with Gasteiger partial charge in [-0.2, -0.15) is 0 Å². The Balaban J connectivity index is 1.24. The molecular formula is C38H44N8O10. The third-order valence-corrected chi connectivity index (χ3v) is 8.65. The molecule has 0 radical (unpaired) electrons. The Hall–Kier alpha value is -6.77. The van der Waals surface area contributed by atoms with Gasteiger partial charge in [0.1, 0.15) is 12.1 Å². The summed E-state index contributed by atoms with van der Waals surface area (Å²) in [5.41, 5.74) is 8.02. The molecule has 2 aliphatic rings. The molecule has 9 amide bonds. The van der Waals surface area contributed by atoms with E-state index in [0.29, 0.717) is 16.3 Å². The largest absolute Gasteiger partial charge is 0.355 e. The van der Waals surface area contributed by atoms with Crippen LogP contribution < -0.4 is 37.2 Å². The van der Waals surface area contributed by atoms with Gasteiger partial charge in [0.2, 0.25) is 29.5 Å². The average Bonchev–Trinajstić information content (AvgIpc) is 3.48. The third-order valence-electron chi connectivity index (χ3n) is 8.65. The number of nitrogens with zero attached hydrogens (tertiary/aromatic N) is 2. The van der Waals surface area contributed by atoms with Crippen molar-refractivity contribution in [3.05, 3.63) is 65.2 Å². The molecule has 0 bridgehead atoms. The molecule has 296 valence electrons. The fraction of sp³-hybridized carbons (Fsp3) is 0.395. The second-order valence-corrected chi connectivity index (χ2v) is 13.2. The van der Waals surface area contributed by atoms with Crippen molar-refractivity contribution in [1.82, 2.24) is 31.6 Å². The highest BCUT2D eigenvalue weighted by Gasteiger charge is 2.36. The van der Waals surface area contributed by atoms with Crippen LogP contribution in [0.25, 0.3) is 0 Å². The molecule has 4 rings (SSSR count). The Morgan fingerprint density at radius 2 is 1.41 bits per heavy atom. The van der Waals surface area contributed by atoms with Gasteiger partial charge in [0, 0.05) is 43.4 Å². The number of nitrogens with one attached hydrogen (secondary N) is 5. The van der Waals surface area contributed by atoms with Gasteiger partial charge in [-0.05, 0) is 42.5 Å². The second-order valence-electron chi connectivity index (χ2n) is 13.2. The number of amides is 9. The molecule has 2 heterocycles. The van der Waals surface area contributed by atoms with E-state index in [2.05, 4.69) is 38.4 Å². The van der Waals surface area contributed by atoms with Crippen molar-refractivity contribution in [2.24, 2.45) is 11.7 Å². The number of hydroxylamine groups is 2. The van der Waals surface area contributed by atoms with E-state index < -0.39 is 78.5 Å². The normalized spacial score (nSPS) is 14.1. The molecule has 0 saturated carbocycles. The molecule has 0 spiro atoms. The molecule has 2 atom stereocenters. The molecule has 56 heavy (non-hydrogen) atoms. The summed E-state index contributed by atoms with van der Waals surface area (Å²) in [5.74, 6) is 0.0426. The van der Waals surface area contributed by atoms with Gasteiger partial charge in [0.25, 0.3) is 11.8 Å². The molecule has 7 N–H and O–H groups in total. The average molecular weight is 773 g/mol. The van der Waals surface area contributed by atoms with E-state index in [9.17, 15) is 43.2 Å². The summed E-state index contributed by atoms with van der Waals surface area (Å²) in [6.45, 7) is 2.49. The minimum atomic E-state index is -1.38. The lowest BCUT2D eigenvalue weighted by atomic mass is 10.0. The Labute approximate surface area is 322 Å². The number of carbonyl (C=O) groups is 9. The number of fused-ring (bicyclic) bond motifs is 2. The van der Waals surface area contributed by atoms with Crippen LogP contribution in [0.1, 0.15) is 69.1 Å². The first-order valence-corrected chi connectivity index (χ1v) is 18.0. The zero-order valence-corrected chi connectivity index (χ0v) is 31.0. The van der Waals surface area contributed by atoms with Crippen LogP contribution in [0.3, 0.4) is 0 Å². The SMILES string of the molecule is CC(C)[C@H](NC(=O)CNC(=O)CNC(=O)CCC(=O)N1Cc2ccccc2C#Cc2ccccc21)C(=O)N[C@@H](CCCNC(N)=O)C(=O)ON1C(=O)CCC1=O. The molecular weight excluding hydrogens is 728 g/mol. The topological polar surface area (TPSA) is 256 Å². The number of hydrogen-bond acceptors (Lipinski definition) is 10. The summed E-state index contributed by atoms with van der Waals surface area (Å²) < 4.78 is 0. The van der Waals surface area contributed by atoms with E-state index in [4.69, 9.17) is 10.6 Å². The van der Waals surface area contributed by atoms with Crippen LogP contribution in [0.15, 0.2) is 48.5 Å². The molecule has 2 aliphatic heterocycles. The predicted octanol–water partition coefficient (Wildman–Crippen LogP) is -0.373. The van der Waals surface area contributed by atoms with Crippen molar-refractivity contribution in [2.75, 3.05) is 24.5 Å². The number of benzene rings is 2. The van der Waals surface area contributed by atoms with Crippen LogP contribution in [0, 0.1) is 17.8 Å². The summed E-state index contributed by atoms with van der Waals surface area (Å²) in [6, 6.07) is 11.3. The van der Waals surface area contributed by atoms with Gasteiger partial charge < -0.3 is 42.1 Å². The van der Waals surface area contributed by atoms with Crippen LogP contribution in [0.4, 0.5) is 10.5 Å². The molecule has 0 aliphatic carbocycles. The predicted molar refractivity (Wildman–Crippen MR) is 198 cm³/mol. The van der Waals surface area contributed by atoms with E-state index >= 15 is 0 Å². The van der Waals surface area contributed by atoms with Gasteiger partial charge in [-0.3, -0.25) is 33.6 Å². The molecule has 18 nitrogen and oxygen atoms in total. The van der Waals surface area contributed by atoms with Crippen molar-refractivity contribution in [2.45, 2.75) is 71.0 Å². The van der Waals surface area contributed by atoms with E-state index in [-0.39, 0.29) is 57.5 Å². The summed E-state index contributed by atoms with van der Waals surface area (Å²) in [7, 11) is 0. The minimum absolute atomic E-state index is 0.0399. The first kappa shape index (κ1) is 42.0. The van der Waals surface area contributed by atoms with Crippen LogP contribution in [0.5, 0.6) is 0 Å². The second kappa shape index (κ2) is 20.1. The van der Waals surface area contributed by atoms with Crippen LogP contribution in [-0.4, -0.2) is 90.1 Å². The molecule has 1 saturated heterocycles. The molecule has 18 heteroatoms. The minimum Gasteiger partial charge on any atom is -0.352 e. The summed E-state index contributed by atoms with van der Waals surface area (Å²) >= 11 is 0. The van der Waals surface area contributed by atoms with E-state index in [0.717, 1.165) is 11.1 Å². The van der Waals surface area contributed by atoms with Crippen molar-refractivity contribution >= 4 is 59.0 Å². The zero-order chi connectivity index (χ0) is 40.8. The number of anilines is 1. The number of nitrogens with two attached hydrogens (primary N) is 1. The number of primary amides is 1. The Morgan fingerprint density at radius 3 is 2.11 bits per heavy atom. The highest BCUT2D eigenvalue weighted by atomic mass is 16.7. The summed E-state index contributed by atoms with van der Waals surface area (Å²) in [4.78, 5) is 119. The van der Waals surface area contributed by atoms with Crippen molar-refractivity contribution in [3.8, 4) is 11.8 Å². The standard InChI is InChI=1S/C38H44N8O10/c1-23(2)35(36(53)43-27(11-7-19-40-38(39)55)37(54)56-46-33(51)17-18-34(46)52)44-31(49)21-42-30(48)20-41-29(47)15-16-32(50)45-22-26-10-4-3-8-24(26)13-14-25-9-5-6-12-28(25)45/h3-6,8-10,12,23,27,35H,7,11,15-22H2,1-2H3,(H,41,47)(H,42,48)(H,43,53)(H,44,49)(H3,39,40,55)/t27-,35-/m0/s1. The van der Waals surface area contributed by atoms with Gasteiger partial charge in [-0.15, -0.1) is 5.06 Å². The van der Waals surface area contributed by atoms with Crippen molar-refractivity contribution < 1.29 is 48.0 Å². The third kappa shape index (κ3) is 12.1. The maximum atomic E-state index is 13.4. The summed E-state index contributed by atoms with van der Waals surface area (Å²) in [6.07, 6.45) is -0.580. The van der Waals surface area contributed by atoms with Gasteiger partial charge in [-0.25, -0.2) is 9.59 Å². The fourth-order valence-corrected chi connectivity index (χ4v) is 5.67. The monoisotopic (exact) mass is 772 g/mol. The van der Waals surface area contributed by atoms with Gasteiger partial charge >= 0.3 is 12.0 Å². The Kier molecular flexibility index (Phi) is 15.0. The van der Waals surface area contributed by atoms with E-state index in [1.807, 2.05) is 36.4 Å². The number of carbonyl (C=O) groups excluding carboxylic acids is 9. The first-order chi connectivity index (χ1) is 26.7. The highest BCUT2D eigenvalue weighted by molar-refractivity contribution is 6.02. The zero-order valence-electron chi connectivity index (χ0n) is 31.0. The van der Waals surface area contributed by atoms with Crippen LogP contribution in [-0.2, 0) is 49.7 Å². The molecule has 0 unspecified atom stereocenters. The number of urea groups is 1. The Morgan fingerprint density at radius 1 is 0.786 bits per heavy atom. The lowest BCUT2D eigenvalue weighted by Gasteiger charge is -2.26. The maximum absolute atomic E-state index is 13.4. The quantitative estimate of drug-likeness (QED) is 0.0691.